The Bertz CT molecular complexity index is 803. The first kappa shape index (κ1) is 10.7. The van der Waals surface area contributed by atoms with Crippen molar-refractivity contribution < 1.29 is 0 Å². The predicted molar refractivity (Wildman–Crippen MR) is 77.1 cm³/mol. The SMILES string of the molecule is CC1(C)c2nccnc2-c2ccc3ccccc3c21. The molecule has 0 saturated heterocycles. The first-order valence-corrected chi connectivity index (χ1v) is 6.53. The number of benzene rings is 2. The fourth-order valence-corrected chi connectivity index (χ4v) is 3.25. The second-order valence-electron chi connectivity index (χ2n) is 5.59. The summed E-state index contributed by atoms with van der Waals surface area (Å²) in [5.74, 6) is 0. The van der Waals surface area contributed by atoms with Crippen LogP contribution >= 0.6 is 0 Å². The molecule has 2 heteroatoms. The van der Waals surface area contributed by atoms with Gasteiger partial charge >= 0.3 is 0 Å². The summed E-state index contributed by atoms with van der Waals surface area (Å²) in [4.78, 5) is 9.11. The Labute approximate surface area is 112 Å². The lowest BCUT2D eigenvalue weighted by atomic mass is 9.82. The molecule has 0 fully saturated rings. The molecule has 0 N–H and O–H groups in total. The average Bonchev–Trinajstić information content (AvgIpc) is 2.68. The van der Waals surface area contributed by atoms with Gasteiger partial charge in [0.15, 0.2) is 0 Å². The fourth-order valence-electron chi connectivity index (χ4n) is 3.25. The molecule has 2 nitrogen and oxygen atoms in total. The van der Waals surface area contributed by atoms with E-state index in [-0.39, 0.29) is 5.41 Å². The summed E-state index contributed by atoms with van der Waals surface area (Å²) in [6, 6.07) is 12.9. The van der Waals surface area contributed by atoms with E-state index in [1.165, 1.54) is 21.9 Å². The summed E-state index contributed by atoms with van der Waals surface area (Å²) in [6.07, 6.45) is 3.56. The van der Waals surface area contributed by atoms with Crippen molar-refractivity contribution in [2.45, 2.75) is 19.3 Å². The molecule has 0 spiro atoms. The quantitative estimate of drug-likeness (QED) is 0.600. The van der Waals surface area contributed by atoms with E-state index in [2.05, 4.69) is 60.2 Å². The normalized spacial score (nSPS) is 15.3. The van der Waals surface area contributed by atoms with E-state index in [0.717, 1.165) is 11.4 Å². The zero-order valence-electron chi connectivity index (χ0n) is 11.0. The van der Waals surface area contributed by atoms with E-state index in [9.17, 15) is 0 Å². The highest BCUT2D eigenvalue weighted by molar-refractivity contribution is 5.95. The highest BCUT2D eigenvalue weighted by atomic mass is 14.8. The molecule has 92 valence electrons. The molecule has 4 rings (SSSR count). The van der Waals surface area contributed by atoms with Crippen LogP contribution in [0.25, 0.3) is 22.0 Å². The van der Waals surface area contributed by atoms with Gasteiger partial charge in [0.05, 0.1) is 11.4 Å². The molecule has 0 amide bonds. The number of rotatable bonds is 0. The van der Waals surface area contributed by atoms with Crippen molar-refractivity contribution >= 4 is 10.8 Å². The minimum atomic E-state index is -0.0835. The van der Waals surface area contributed by atoms with Gasteiger partial charge in [-0.25, -0.2) is 0 Å². The average molecular weight is 246 g/mol. The third kappa shape index (κ3) is 1.26. The van der Waals surface area contributed by atoms with Gasteiger partial charge < -0.3 is 0 Å². The van der Waals surface area contributed by atoms with E-state index in [4.69, 9.17) is 0 Å². The van der Waals surface area contributed by atoms with Gasteiger partial charge in [0.25, 0.3) is 0 Å². The minimum Gasteiger partial charge on any atom is -0.256 e. The van der Waals surface area contributed by atoms with Crippen LogP contribution in [-0.4, -0.2) is 9.97 Å². The first-order chi connectivity index (χ1) is 9.19. The lowest BCUT2D eigenvalue weighted by molar-refractivity contribution is 0.640. The second kappa shape index (κ2) is 3.41. The van der Waals surface area contributed by atoms with Crippen LogP contribution in [0.2, 0.25) is 0 Å². The molecule has 1 aromatic heterocycles. The molecular formula is C17H14N2. The summed E-state index contributed by atoms with van der Waals surface area (Å²) >= 11 is 0. The van der Waals surface area contributed by atoms with Crippen molar-refractivity contribution in [1.29, 1.82) is 0 Å². The topological polar surface area (TPSA) is 25.8 Å². The van der Waals surface area contributed by atoms with Crippen LogP contribution in [-0.2, 0) is 5.41 Å². The highest BCUT2D eigenvalue weighted by Crippen LogP contribution is 2.49. The Morgan fingerprint density at radius 2 is 1.68 bits per heavy atom. The van der Waals surface area contributed by atoms with Gasteiger partial charge in [0.1, 0.15) is 0 Å². The molecule has 19 heavy (non-hydrogen) atoms. The Hall–Kier alpha value is -2.22. The second-order valence-corrected chi connectivity index (χ2v) is 5.59. The third-order valence-electron chi connectivity index (χ3n) is 4.10. The van der Waals surface area contributed by atoms with Crippen molar-refractivity contribution in [3.8, 4) is 11.3 Å². The lowest BCUT2D eigenvalue weighted by Gasteiger charge is -2.21. The van der Waals surface area contributed by atoms with E-state index >= 15 is 0 Å². The van der Waals surface area contributed by atoms with E-state index in [1.807, 2.05) is 0 Å². The van der Waals surface area contributed by atoms with Gasteiger partial charge in [-0.3, -0.25) is 9.97 Å². The molecule has 2 aromatic carbocycles. The van der Waals surface area contributed by atoms with Crippen LogP contribution in [0.4, 0.5) is 0 Å². The Morgan fingerprint density at radius 3 is 2.58 bits per heavy atom. The Balaban J connectivity index is 2.20. The zero-order valence-corrected chi connectivity index (χ0v) is 11.0. The number of hydrogen-bond donors (Lipinski definition) is 0. The van der Waals surface area contributed by atoms with Crippen molar-refractivity contribution in [2.24, 2.45) is 0 Å². The minimum absolute atomic E-state index is 0.0835. The predicted octanol–water partition coefficient (Wildman–Crippen LogP) is 3.94. The number of aromatic nitrogens is 2. The molecule has 0 radical (unpaired) electrons. The van der Waals surface area contributed by atoms with Gasteiger partial charge in [-0.05, 0) is 16.3 Å². The van der Waals surface area contributed by atoms with Crippen LogP contribution in [0.1, 0.15) is 25.1 Å². The van der Waals surface area contributed by atoms with Gasteiger partial charge in [0.2, 0.25) is 0 Å². The third-order valence-corrected chi connectivity index (χ3v) is 4.10. The van der Waals surface area contributed by atoms with Crippen LogP contribution in [0.3, 0.4) is 0 Å². The van der Waals surface area contributed by atoms with Crippen molar-refractivity contribution in [1.82, 2.24) is 9.97 Å². The van der Waals surface area contributed by atoms with E-state index in [0.29, 0.717) is 0 Å². The van der Waals surface area contributed by atoms with Crippen molar-refractivity contribution in [3.05, 3.63) is 60.0 Å². The zero-order chi connectivity index (χ0) is 13.0. The standard InChI is InChI=1S/C17H14N2/c1-17(2)14-12-6-4-3-5-11(12)7-8-13(14)15-16(17)19-10-9-18-15/h3-10H,1-2H3. The Morgan fingerprint density at radius 1 is 0.895 bits per heavy atom. The first-order valence-electron chi connectivity index (χ1n) is 6.53. The van der Waals surface area contributed by atoms with E-state index in [1.54, 1.807) is 12.4 Å². The fraction of sp³-hybridized carbons (Fsp3) is 0.176. The van der Waals surface area contributed by atoms with Gasteiger partial charge in [0, 0.05) is 23.4 Å². The smallest absolute Gasteiger partial charge is 0.0929 e. The summed E-state index contributed by atoms with van der Waals surface area (Å²) in [7, 11) is 0. The highest BCUT2D eigenvalue weighted by Gasteiger charge is 2.38. The van der Waals surface area contributed by atoms with Gasteiger partial charge in [-0.2, -0.15) is 0 Å². The van der Waals surface area contributed by atoms with Gasteiger partial charge in [-0.15, -0.1) is 0 Å². The molecule has 0 aliphatic heterocycles. The summed E-state index contributed by atoms with van der Waals surface area (Å²) in [6.45, 7) is 4.47. The summed E-state index contributed by atoms with van der Waals surface area (Å²) in [5, 5.41) is 2.59. The molecule has 0 bridgehead atoms. The summed E-state index contributed by atoms with van der Waals surface area (Å²) < 4.78 is 0. The van der Waals surface area contributed by atoms with Crippen molar-refractivity contribution in [2.75, 3.05) is 0 Å². The maximum absolute atomic E-state index is 4.57. The number of nitrogens with zero attached hydrogens (tertiary/aromatic N) is 2. The molecule has 0 unspecified atom stereocenters. The van der Waals surface area contributed by atoms with E-state index < -0.39 is 0 Å². The molecule has 0 atom stereocenters. The monoisotopic (exact) mass is 246 g/mol. The van der Waals surface area contributed by atoms with Crippen LogP contribution < -0.4 is 0 Å². The maximum atomic E-state index is 4.57. The van der Waals surface area contributed by atoms with Gasteiger partial charge in [-0.1, -0.05) is 50.2 Å². The molecule has 1 heterocycles. The molecule has 1 aliphatic carbocycles. The maximum Gasteiger partial charge on any atom is 0.0929 e. The molecule has 0 saturated carbocycles. The van der Waals surface area contributed by atoms with Crippen LogP contribution in [0.15, 0.2) is 48.8 Å². The number of fused-ring (bicyclic) bond motifs is 5. The molecule has 3 aromatic rings. The number of hydrogen-bond acceptors (Lipinski definition) is 2. The summed E-state index contributed by atoms with van der Waals surface area (Å²) in [5.41, 5.74) is 4.62. The molecule has 1 aliphatic rings. The lowest BCUT2D eigenvalue weighted by Crippen LogP contribution is -2.17. The molecular weight excluding hydrogens is 232 g/mol. The Kier molecular flexibility index (Phi) is 1.92. The van der Waals surface area contributed by atoms with Crippen molar-refractivity contribution in [3.63, 3.8) is 0 Å². The van der Waals surface area contributed by atoms with Crippen LogP contribution in [0, 0.1) is 0 Å². The van der Waals surface area contributed by atoms with Crippen LogP contribution in [0.5, 0.6) is 0 Å². The largest absolute Gasteiger partial charge is 0.256 e.